The van der Waals surface area contributed by atoms with Gasteiger partial charge in [-0.1, -0.05) is 83.9 Å². The molecule has 2 heterocycles. The lowest BCUT2D eigenvalue weighted by molar-refractivity contribution is 0.102. The molecule has 0 fully saturated rings. The van der Waals surface area contributed by atoms with Gasteiger partial charge in [-0.3, -0.25) is 4.79 Å². The highest BCUT2D eigenvalue weighted by atomic mass is 35.5. The van der Waals surface area contributed by atoms with Crippen LogP contribution in [-0.2, 0) is 0 Å². The van der Waals surface area contributed by atoms with Crippen LogP contribution in [-0.4, -0.2) is 20.7 Å². The molecular weight excluding hydrogens is 467 g/mol. The van der Waals surface area contributed by atoms with Crippen molar-refractivity contribution in [2.75, 3.05) is 5.32 Å². The smallest absolute Gasteiger partial charge is 0.256 e. The normalized spacial score (nSPS) is 10.8. The molecule has 0 atom stereocenters. The van der Waals surface area contributed by atoms with Gasteiger partial charge < -0.3 is 5.32 Å². The maximum atomic E-state index is 12.7. The SMILES string of the molecule is O=C(Nc1ncc(Cl)cc1Cl)c1ccc(-n2nc(-c3ccccc3)cc2-c2ccccc2)cc1. The van der Waals surface area contributed by atoms with E-state index >= 15 is 0 Å². The van der Waals surface area contributed by atoms with Crippen molar-refractivity contribution in [3.63, 3.8) is 0 Å². The number of hydrogen-bond acceptors (Lipinski definition) is 3. The van der Waals surface area contributed by atoms with E-state index in [1.54, 1.807) is 12.1 Å². The number of nitrogens with zero attached hydrogens (tertiary/aromatic N) is 3. The minimum Gasteiger partial charge on any atom is -0.305 e. The zero-order valence-electron chi connectivity index (χ0n) is 17.8. The van der Waals surface area contributed by atoms with E-state index in [0.29, 0.717) is 10.6 Å². The minimum absolute atomic E-state index is 0.256. The first-order valence-electron chi connectivity index (χ1n) is 10.5. The number of rotatable bonds is 5. The summed E-state index contributed by atoms with van der Waals surface area (Å²) in [4.78, 5) is 16.8. The van der Waals surface area contributed by atoms with Crippen LogP contribution in [0.3, 0.4) is 0 Å². The number of anilines is 1. The molecule has 0 aliphatic rings. The van der Waals surface area contributed by atoms with Crippen LogP contribution in [0.5, 0.6) is 0 Å². The Kier molecular flexibility index (Phi) is 6.12. The van der Waals surface area contributed by atoms with Crippen molar-refractivity contribution >= 4 is 34.9 Å². The molecule has 34 heavy (non-hydrogen) atoms. The van der Waals surface area contributed by atoms with E-state index in [1.807, 2.05) is 77.5 Å². The topological polar surface area (TPSA) is 59.8 Å². The van der Waals surface area contributed by atoms with Gasteiger partial charge in [-0.2, -0.15) is 5.10 Å². The molecule has 5 aromatic rings. The molecule has 0 saturated heterocycles. The third-order valence-corrected chi connectivity index (χ3v) is 5.76. The lowest BCUT2D eigenvalue weighted by Crippen LogP contribution is -2.13. The van der Waals surface area contributed by atoms with E-state index in [2.05, 4.69) is 16.4 Å². The molecule has 0 aliphatic carbocycles. The number of carbonyl (C=O) groups excluding carboxylic acids is 1. The van der Waals surface area contributed by atoms with Gasteiger partial charge in [-0.05, 0) is 36.4 Å². The van der Waals surface area contributed by atoms with Crippen molar-refractivity contribution in [3.8, 4) is 28.2 Å². The zero-order valence-corrected chi connectivity index (χ0v) is 19.3. The van der Waals surface area contributed by atoms with Gasteiger partial charge in [-0.25, -0.2) is 9.67 Å². The molecule has 2 aromatic heterocycles. The monoisotopic (exact) mass is 484 g/mol. The highest BCUT2D eigenvalue weighted by Gasteiger charge is 2.15. The maximum Gasteiger partial charge on any atom is 0.256 e. The average Bonchev–Trinajstić information content (AvgIpc) is 3.32. The fourth-order valence-corrected chi connectivity index (χ4v) is 4.01. The molecule has 0 bridgehead atoms. The Labute approximate surface area is 206 Å². The van der Waals surface area contributed by atoms with Crippen molar-refractivity contribution in [2.45, 2.75) is 0 Å². The largest absolute Gasteiger partial charge is 0.305 e. The number of hydrogen-bond donors (Lipinski definition) is 1. The van der Waals surface area contributed by atoms with Crippen molar-refractivity contribution in [1.82, 2.24) is 14.8 Å². The van der Waals surface area contributed by atoms with Crippen LogP contribution < -0.4 is 5.32 Å². The maximum absolute atomic E-state index is 12.7. The number of amides is 1. The molecule has 7 heteroatoms. The molecule has 5 nitrogen and oxygen atoms in total. The average molecular weight is 485 g/mol. The molecule has 0 unspecified atom stereocenters. The molecule has 0 radical (unpaired) electrons. The van der Waals surface area contributed by atoms with Gasteiger partial charge in [0, 0.05) is 22.9 Å². The van der Waals surface area contributed by atoms with Crippen molar-refractivity contribution in [3.05, 3.63) is 119 Å². The van der Waals surface area contributed by atoms with Crippen LogP contribution in [0, 0.1) is 0 Å². The van der Waals surface area contributed by atoms with Crippen LogP contribution in [0.1, 0.15) is 10.4 Å². The number of benzene rings is 3. The second kappa shape index (κ2) is 9.51. The van der Waals surface area contributed by atoms with E-state index in [4.69, 9.17) is 28.3 Å². The zero-order chi connectivity index (χ0) is 23.5. The first-order chi connectivity index (χ1) is 16.6. The number of carbonyl (C=O) groups is 1. The Morgan fingerprint density at radius 3 is 2.09 bits per heavy atom. The van der Waals surface area contributed by atoms with E-state index < -0.39 is 0 Å². The van der Waals surface area contributed by atoms with Crippen LogP contribution in [0.25, 0.3) is 28.2 Å². The summed E-state index contributed by atoms with van der Waals surface area (Å²) in [7, 11) is 0. The summed E-state index contributed by atoms with van der Waals surface area (Å²) in [6.07, 6.45) is 1.43. The first-order valence-corrected chi connectivity index (χ1v) is 11.3. The van der Waals surface area contributed by atoms with Crippen molar-refractivity contribution < 1.29 is 4.79 Å². The third-order valence-electron chi connectivity index (χ3n) is 5.26. The highest BCUT2D eigenvalue weighted by Crippen LogP contribution is 2.29. The fraction of sp³-hybridized carbons (Fsp3) is 0. The number of nitrogens with one attached hydrogen (secondary N) is 1. The summed E-state index contributed by atoms with van der Waals surface area (Å²) in [5.74, 6) is -0.0666. The summed E-state index contributed by atoms with van der Waals surface area (Å²) in [5.41, 5.74) is 5.19. The van der Waals surface area contributed by atoms with E-state index in [0.717, 1.165) is 28.2 Å². The number of aromatic nitrogens is 3. The lowest BCUT2D eigenvalue weighted by Gasteiger charge is -2.10. The second-order valence-electron chi connectivity index (χ2n) is 7.54. The number of pyridine rings is 1. The van der Waals surface area contributed by atoms with Gasteiger partial charge in [0.1, 0.15) is 0 Å². The number of halogens is 2. The van der Waals surface area contributed by atoms with Crippen LogP contribution in [0.2, 0.25) is 10.0 Å². The fourth-order valence-electron chi connectivity index (χ4n) is 3.58. The predicted octanol–water partition coefficient (Wildman–Crippen LogP) is 7.16. The first kappa shape index (κ1) is 21.9. The Balaban J connectivity index is 1.47. The molecule has 5 rings (SSSR count). The molecule has 0 spiro atoms. The van der Waals surface area contributed by atoms with Crippen molar-refractivity contribution in [1.29, 1.82) is 0 Å². The Hall–Kier alpha value is -3.93. The van der Waals surface area contributed by atoms with Gasteiger partial charge in [0.15, 0.2) is 5.82 Å². The molecule has 0 saturated carbocycles. The van der Waals surface area contributed by atoms with Gasteiger partial charge in [0.2, 0.25) is 0 Å². The quantitative estimate of drug-likeness (QED) is 0.287. The Bertz CT molecular complexity index is 1450. The van der Waals surface area contributed by atoms with Crippen molar-refractivity contribution in [2.24, 2.45) is 0 Å². The molecule has 1 amide bonds. The van der Waals surface area contributed by atoms with Gasteiger partial charge in [0.05, 0.1) is 27.1 Å². The molecule has 166 valence electrons. The summed E-state index contributed by atoms with van der Waals surface area (Å²) in [6, 6.07) is 30.9. The van der Waals surface area contributed by atoms with E-state index in [-0.39, 0.29) is 16.7 Å². The summed E-state index contributed by atoms with van der Waals surface area (Å²) in [5, 5.41) is 8.25. The second-order valence-corrected chi connectivity index (χ2v) is 8.39. The van der Waals surface area contributed by atoms with E-state index in [9.17, 15) is 4.79 Å². The summed E-state index contributed by atoms with van der Waals surface area (Å²) in [6.45, 7) is 0. The third kappa shape index (κ3) is 4.57. The highest BCUT2D eigenvalue weighted by molar-refractivity contribution is 6.36. The standard InChI is InChI=1S/C27H18Cl2N4O/c28-21-15-23(29)26(30-17-21)31-27(34)20-11-13-22(14-12-20)33-25(19-9-5-2-6-10-19)16-24(32-33)18-7-3-1-4-8-18/h1-17H,(H,30,31,34). The van der Waals surface area contributed by atoms with Crippen LogP contribution in [0.4, 0.5) is 5.82 Å². The Morgan fingerprint density at radius 2 is 1.44 bits per heavy atom. The van der Waals surface area contributed by atoms with Crippen LogP contribution >= 0.6 is 23.2 Å². The van der Waals surface area contributed by atoms with Crippen LogP contribution in [0.15, 0.2) is 103 Å². The van der Waals surface area contributed by atoms with Gasteiger partial charge in [-0.15, -0.1) is 0 Å². The van der Waals surface area contributed by atoms with Gasteiger partial charge >= 0.3 is 0 Å². The molecular formula is C27H18Cl2N4O. The predicted molar refractivity (Wildman–Crippen MR) is 137 cm³/mol. The lowest BCUT2D eigenvalue weighted by atomic mass is 10.1. The van der Waals surface area contributed by atoms with E-state index in [1.165, 1.54) is 12.3 Å². The minimum atomic E-state index is -0.322. The van der Waals surface area contributed by atoms with Gasteiger partial charge in [0.25, 0.3) is 5.91 Å². The summed E-state index contributed by atoms with van der Waals surface area (Å²) < 4.78 is 1.89. The molecule has 0 aliphatic heterocycles. The molecule has 1 N–H and O–H groups in total. The molecule has 3 aromatic carbocycles. The Morgan fingerprint density at radius 1 is 0.794 bits per heavy atom. The summed E-state index contributed by atoms with van der Waals surface area (Å²) >= 11 is 12.0.